The Morgan fingerprint density at radius 3 is 2.48 bits per heavy atom. The minimum absolute atomic E-state index is 0.00892. The van der Waals surface area contributed by atoms with E-state index in [2.05, 4.69) is 33.1 Å². The molecule has 0 radical (unpaired) electrons. The molecule has 8 nitrogen and oxygen atoms in total. The number of fused-ring (bicyclic) bond motifs is 1. The van der Waals surface area contributed by atoms with Gasteiger partial charge in [-0.3, -0.25) is 10.8 Å². The molecule has 8 N–H and O–H groups in total. The maximum Gasteiger partial charge on any atom is 0.122 e. The molecule has 0 aliphatic heterocycles. The maximum absolute atomic E-state index is 7.56. The van der Waals surface area contributed by atoms with Gasteiger partial charge in [-0.25, -0.2) is 9.97 Å². The van der Waals surface area contributed by atoms with Gasteiger partial charge in [0.05, 0.1) is 28.8 Å². The molecule has 0 saturated carbocycles. The number of nitrogens with two attached hydrogens (primary N) is 2. The molecule has 1 aromatic carbocycles. The fourth-order valence-corrected chi connectivity index (χ4v) is 2.68. The number of nitrogen functional groups attached to an aromatic ring is 1. The summed E-state index contributed by atoms with van der Waals surface area (Å²) in [6, 6.07) is 5.38. The van der Waals surface area contributed by atoms with Gasteiger partial charge in [0.2, 0.25) is 0 Å². The van der Waals surface area contributed by atoms with Gasteiger partial charge in [-0.05, 0) is 30.4 Å². The quantitative estimate of drug-likeness (QED) is 0.217. The fraction of sp³-hybridized carbons (Fsp3) is 0.0526. The van der Waals surface area contributed by atoms with Crippen LogP contribution in [0.5, 0.6) is 0 Å². The number of benzene rings is 1. The van der Waals surface area contributed by atoms with E-state index in [1.165, 1.54) is 6.08 Å². The zero-order valence-corrected chi connectivity index (χ0v) is 14.6. The number of rotatable bonds is 7. The number of H-pyrrole nitrogens is 2. The third-order valence-electron chi connectivity index (χ3n) is 4.01. The van der Waals surface area contributed by atoms with Crippen LogP contribution in [0.3, 0.4) is 0 Å². The van der Waals surface area contributed by atoms with E-state index in [9.17, 15) is 0 Å². The first kappa shape index (κ1) is 17.9. The first-order chi connectivity index (χ1) is 12.9. The number of imidazole rings is 2. The predicted molar refractivity (Wildman–Crippen MR) is 109 cm³/mol. The second-order valence-electron chi connectivity index (χ2n) is 5.91. The maximum atomic E-state index is 7.56. The molecule has 0 bridgehead atoms. The minimum Gasteiger partial charge on any atom is -0.384 e. The third kappa shape index (κ3) is 3.69. The van der Waals surface area contributed by atoms with Crippen molar-refractivity contribution in [3.05, 3.63) is 71.6 Å². The Hall–Kier alpha value is -3.94. The molecule has 136 valence electrons. The van der Waals surface area contributed by atoms with Crippen molar-refractivity contribution in [2.45, 2.75) is 6.42 Å². The largest absolute Gasteiger partial charge is 0.384 e. The molecule has 0 fully saturated rings. The van der Waals surface area contributed by atoms with Crippen molar-refractivity contribution in [2.75, 3.05) is 0 Å². The van der Waals surface area contributed by atoms with Crippen LogP contribution in [0.2, 0.25) is 0 Å². The van der Waals surface area contributed by atoms with Gasteiger partial charge in [-0.1, -0.05) is 19.2 Å². The summed E-state index contributed by atoms with van der Waals surface area (Å²) in [4.78, 5) is 15.5. The highest BCUT2D eigenvalue weighted by atomic mass is 15.0. The molecule has 0 aliphatic carbocycles. The van der Waals surface area contributed by atoms with Gasteiger partial charge in [0.25, 0.3) is 0 Å². The van der Waals surface area contributed by atoms with Crippen LogP contribution >= 0.6 is 0 Å². The molecule has 0 unspecified atom stereocenters. The van der Waals surface area contributed by atoms with Crippen LogP contribution in [0.25, 0.3) is 23.2 Å². The van der Waals surface area contributed by atoms with Crippen molar-refractivity contribution in [2.24, 2.45) is 11.5 Å². The van der Waals surface area contributed by atoms with Crippen LogP contribution in [0.4, 0.5) is 0 Å². The monoisotopic (exact) mass is 360 g/mol. The van der Waals surface area contributed by atoms with Crippen molar-refractivity contribution < 1.29 is 0 Å². The van der Waals surface area contributed by atoms with E-state index in [4.69, 9.17) is 22.3 Å². The van der Waals surface area contributed by atoms with Crippen molar-refractivity contribution in [1.29, 1.82) is 10.8 Å². The second kappa shape index (κ2) is 7.12. The SMILES string of the molecule is C=C/C(=C\c1[nH]c(Cc2nc3ccc(C(=N)N)cc3[nH]2)nc1C=C)C(=N)N. The van der Waals surface area contributed by atoms with Crippen molar-refractivity contribution >= 4 is 34.9 Å². The van der Waals surface area contributed by atoms with E-state index in [0.717, 1.165) is 16.9 Å². The number of nitrogens with zero attached hydrogens (tertiary/aromatic N) is 2. The molecule has 0 atom stereocenters. The topological polar surface area (TPSA) is 157 Å². The van der Waals surface area contributed by atoms with Gasteiger partial charge >= 0.3 is 0 Å². The number of nitrogens with one attached hydrogen (secondary N) is 4. The first-order valence-corrected chi connectivity index (χ1v) is 8.14. The lowest BCUT2D eigenvalue weighted by atomic mass is 10.2. The number of hydrogen-bond donors (Lipinski definition) is 6. The number of hydrogen-bond acceptors (Lipinski definition) is 4. The molecule has 2 heterocycles. The van der Waals surface area contributed by atoms with Crippen LogP contribution in [0, 0.1) is 10.8 Å². The Morgan fingerprint density at radius 2 is 1.85 bits per heavy atom. The standard InChI is InChI=1S/C19H20N8/c1-3-10(18(20)21)7-14-12(4-2)24-16(26-14)9-17-25-13-6-5-11(19(22)23)8-15(13)27-17/h3-8H,1-2,9H2,(H3,20,21)(H3,22,23)(H,24,26)(H,25,27)/b10-7+. The van der Waals surface area contributed by atoms with Gasteiger partial charge in [0.15, 0.2) is 0 Å². The highest BCUT2D eigenvalue weighted by Gasteiger charge is 2.11. The lowest BCUT2D eigenvalue weighted by Crippen LogP contribution is -2.11. The molecule has 2 aromatic heterocycles. The lowest BCUT2D eigenvalue weighted by Gasteiger charge is -1.98. The lowest BCUT2D eigenvalue weighted by molar-refractivity contribution is 0.950. The Balaban J connectivity index is 1.93. The molecule has 0 spiro atoms. The summed E-state index contributed by atoms with van der Waals surface area (Å²) in [5, 5.41) is 15.1. The van der Waals surface area contributed by atoms with Crippen molar-refractivity contribution in [3.63, 3.8) is 0 Å². The van der Waals surface area contributed by atoms with E-state index in [1.807, 2.05) is 6.07 Å². The molecular weight excluding hydrogens is 340 g/mol. The first-order valence-electron chi connectivity index (χ1n) is 8.14. The Morgan fingerprint density at radius 1 is 1.11 bits per heavy atom. The average molecular weight is 360 g/mol. The van der Waals surface area contributed by atoms with Crippen LogP contribution < -0.4 is 11.5 Å². The van der Waals surface area contributed by atoms with E-state index in [1.54, 1.807) is 24.3 Å². The van der Waals surface area contributed by atoms with Crippen molar-refractivity contribution in [1.82, 2.24) is 19.9 Å². The number of amidine groups is 2. The van der Waals surface area contributed by atoms with Crippen LogP contribution in [0.15, 0.2) is 43.0 Å². The summed E-state index contributed by atoms with van der Waals surface area (Å²) < 4.78 is 0. The average Bonchev–Trinajstić information content (AvgIpc) is 3.21. The molecule has 27 heavy (non-hydrogen) atoms. The molecule has 0 amide bonds. The van der Waals surface area contributed by atoms with E-state index >= 15 is 0 Å². The smallest absolute Gasteiger partial charge is 0.122 e. The van der Waals surface area contributed by atoms with Gasteiger partial charge in [0, 0.05) is 11.1 Å². The van der Waals surface area contributed by atoms with Crippen molar-refractivity contribution in [3.8, 4) is 0 Å². The Bertz CT molecular complexity index is 1100. The van der Waals surface area contributed by atoms with Gasteiger partial charge in [0.1, 0.15) is 23.3 Å². The highest BCUT2D eigenvalue weighted by Crippen LogP contribution is 2.17. The molecule has 8 heteroatoms. The van der Waals surface area contributed by atoms with E-state index < -0.39 is 0 Å². The van der Waals surface area contributed by atoms with E-state index in [0.29, 0.717) is 34.8 Å². The van der Waals surface area contributed by atoms with Crippen LogP contribution in [-0.2, 0) is 6.42 Å². The summed E-state index contributed by atoms with van der Waals surface area (Å²) in [6.45, 7) is 7.44. The van der Waals surface area contributed by atoms with Crippen LogP contribution in [-0.4, -0.2) is 31.6 Å². The fourth-order valence-electron chi connectivity index (χ4n) is 2.68. The normalized spacial score (nSPS) is 11.5. The summed E-state index contributed by atoms with van der Waals surface area (Å²) in [7, 11) is 0. The number of aromatic amines is 2. The Labute approximate surface area is 155 Å². The Kier molecular flexibility index (Phi) is 4.71. The molecule has 0 saturated heterocycles. The van der Waals surface area contributed by atoms with Gasteiger partial charge in [-0.15, -0.1) is 0 Å². The highest BCUT2D eigenvalue weighted by molar-refractivity contribution is 6.01. The second-order valence-corrected chi connectivity index (χ2v) is 5.91. The summed E-state index contributed by atoms with van der Waals surface area (Å²) >= 11 is 0. The summed E-state index contributed by atoms with van der Waals surface area (Å²) in [5.74, 6) is 1.35. The van der Waals surface area contributed by atoms with Gasteiger partial charge in [-0.2, -0.15) is 0 Å². The summed E-state index contributed by atoms with van der Waals surface area (Å²) in [6.07, 6.45) is 5.30. The minimum atomic E-state index is -0.0743. The predicted octanol–water partition coefficient (Wildman–Crippen LogP) is 2.31. The molecule has 3 aromatic rings. The molecule has 0 aliphatic rings. The van der Waals surface area contributed by atoms with Gasteiger partial charge < -0.3 is 21.4 Å². The zero-order chi connectivity index (χ0) is 19.6. The van der Waals surface area contributed by atoms with E-state index in [-0.39, 0.29) is 11.7 Å². The molecular formula is C19H20N8. The number of aromatic nitrogens is 4. The summed E-state index contributed by atoms with van der Waals surface area (Å²) in [5.41, 5.74) is 15.1. The zero-order valence-electron chi connectivity index (χ0n) is 14.6. The van der Waals surface area contributed by atoms with Crippen LogP contribution in [0.1, 0.15) is 28.6 Å². The molecule has 3 rings (SSSR count). The third-order valence-corrected chi connectivity index (χ3v) is 4.01.